The average molecular weight is 499 g/mol. The van der Waals surface area contributed by atoms with Crippen LogP contribution in [0, 0.1) is 6.92 Å². The summed E-state index contributed by atoms with van der Waals surface area (Å²) in [6.45, 7) is 2.03. The molecular formula is C25H26N2O5S2. The van der Waals surface area contributed by atoms with Gasteiger partial charge in [0.05, 0.1) is 16.5 Å². The van der Waals surface area contributed by atoms with Crippen LogP contribution in [0.2, 0.25) is 0 Å². The Kier molecular flexibility index (Phi) is 7.45. The fourth-order valence-electron chi connectivity index (χ4n) is 4.00. The second-order valence-corrected chi connectivity index (χ2v) is 10.8. The zero-order chi connectivity index (χ0) is 24.1. The molecule has 1 amide bonds. The third-order valence-corrected chi connectivity index (χ3v) is 8.31. The highest BCUT2D eigenvalue weighted by Gasteiger charge is 2.31. The molecular weight excluding hydrogens is 472 g/mol. The Morgan fingerprint density at radius 1 is 1.12 bits per heavy atom. The number of sulfonamides is 1. The molecule has 3 aromatic rings. The molecule has 0 radical (unpaired) electrons. The molecule has 0 spiro atoms. The van der Waals surface area contributed by atoms with Gasteiger partial charge in [0.25, 0.3) is 5.91 Å². The molecule has 0 aliphatic carbocycles. The van der Waals surface area contributed by atoms with Gasteiger partial charge in [-0.3, -0.25) is 4.79 Å². The number of ether oxygens (including phenoxy) is 1. The van der Waals surface area contributed by atoms with Crippen LogP contribution in [0.3, 0.4) is 0 Å². The molecule has 2 heterocycles. The van der Waals surface area contributed by atoms with Crippen molar-refractivity contribution in [2.45, 2.75) is 37.2 Å². The van der Waals surface area contributed by atoms with E-state index in [9.17, 15) is 18.0 Å². The molecule has 1 N–H and O–H groups in total. The molecule has 0 saturated carbocycles. The molecule has 34 heavy (non-hydrogen) atoms. The molecule has 178 valence electrons. The lowest BCUT2D eigenvalue weighted by atomic mass is 10.1. The minimum atomic E-state index is -3.85. The van der Waals surface area contributed by atoms with Gasteiger partial charge in [0.2, 0.25) is 10.0 Å². The minimum Gasteiger partial charge on any atom is -0.452 e. The van der Waals surface area contributed by atoms with Crippen molar-refractivity contribution in [2.24, 2.45) is 0 Å². The fraction of sp³-hybridized carbons (Fsp3) is 0.280. The van der Waals surface area contributed by atoms with Gasteiger partial charge >= 0.3 is 5.97 Å². The van der Waals surface area contributed by atoms with Crippen molar-refractivity contribution in [2.75, 3.05) is 13.2 Å². The van der Waals surface area contributed by atoms with Gasteiger partial charge in [-0.2, -0.15) is 0 Å². The van der Waals surface area contributed by atoms with E-state index >= 15 is 0 Å². The second-order valence-electron chi connectivity index (χ2n) is 8.13. The maximum absolute atomic E-state index is 12.9. The lowest BCUT2D eigenvalue weighted by molar-refractivity contribution is -0.135. The third-order valence-electron chi connectivity index (χ3n) is 5.79. The first-order valence-corrected chi connectivity index (χ1v) is 13.4. The van der Waals surface area contributed by atoms with E-state index in [0.29, 0.717) is 12.1 Å². The van der Waals surface area contributed by atoms with E-state index in [-0.39, 0.29) is 35.6 Å². The average Bonchev–Trinajstić information content (AvgIpc) is 3.54. The maximum Gasteiger partial charge on any atom is 0.338 e. The number of carbonyl (C=O) groups is 2. The molecule has 1 fully saturated rings. The summed E-state index contributed by atoms with van der Waals surface area (Å²) >= 11 is 1.61. The topological polar surface area (TPSA) is 92.8 Å². The Morgan fingerprint density at radius 3 is 2.65 bits per heavy atom. The summed E-state index contributed by atoms with van der Waals surface area (Å²) < 4.78 is 33.6. The molecule has 7 nitrogen and oxygen atoms in total. The molecule has 1 unspecified atom stereocenters. The first-order chi connectivity index (χ1) is 16.3. The summed E-state index contributed by atoms with van der Waals surface area (Å²) in [6, 6.07) is 17.5. The predicted molar refractivity (Wildman–Crippen MR) is 130 cm³/mol. The fourth-order valence-corrected chi connectivity index (χ4v) is 6.16. The number of nitrogens with one attached hydrogen (secondary N) is 1. The van der Waals surface area contributed by atoms with Crippen LogP contribution in [0.15, 0.2) is 70.9 Å². The van der Waals surface area contributed by atoms with E-state index < -0.39 is 16.0 Å². The summed E-state index contributed by atoms with van der Waals surface area (Å²) in [4.78, 5) is 28.2. The monoisotopic (exact) mass is 498 g/mol. The molecule has 2 aromatic carbocycles. The van der Waals surface area contributed by atoms with Crippen molar-refractivity contribution < 1.29 is 22.7 Å². The van der Waals surface area contributed by atoms with Crippen LogP contribution in [0.1, 0.15) is 45.2 Å². The van der Waals surface area contributed by atoms with E-state index in [2.05, 4.69) is 4.72 Å². The summed E-state index contributed by atoms with van der Waals surface area (Å²) in [5.41, 5.74) is 1.40. The molecule has 1 aliphatic heterocycles. The maximum atomic E-state index is 12.9. The Bertz CT molecular complexity index is 1260. The number of likely N-dealkylation sites (tertiary alicyclic amines) is 1. The Hall–Kier alpha value is -3.01. The number of hydrogen-bond acceptors (Lipinski definition) is 6. The minimum absolute atomic E-state index is 0.00140. The van der Waals surface area contributed by atoms with Crippen LogP contribution in [0.5, 0.6) is 0 Å². The van der Waals surface area contributed by atoms with Gasteiger partial charge in [-0.15, -0.1) is 11.3 Å². The molecule has 1 saturated heterocycles. The number of carbonyl (C=O) groups excluding carboxylic acids is 2. The largest absolute Gasteiger partial charge is 0.452 e. The smallest absolute Gasteiger partial charge is 0.338 e. The van der Waals surface area contributed by atoms with E-state index in [0.717, 1.165) is 23.3 Å². The van der Waals surface area contributed by atoms with Crippen molar-refractivity contribution in [1.82, 2.24) is 9.62 Å². The molecule has 9 heteroatoms. The zero-order valence-corrected chi connectivity index (χ0v) is 20.4. The summed E-state index contributed by atoms with van der Waals surface area (Å²) in [6.07, 6.45) is 1.78. The first-order valence-electron chi connectivity index (χ1n) is 11.0. The highest BCUT2D eigenvalue weighted by atomic mass is 32.2. The van der Waals surface area contributed by atoms with Crippen molar-refractivity contribution in [3.63, 3.8) is 0 Å². The highest BCUT2D eigenvalue weighted by molar-refractivity contribution is 7.89. The van der Waals surface area contributed by atoms with Gasteiger partial charge in [-0.25, -0.2) is 17.9 Å². The molecule has 1 aliphatic rings. The van der Waals surface area contributed by atoms with E-state index in [1.807, 2.05) is 47.8 Å². The summed E-state index contributed by atoms with van der Waals surface area (Å²) in [7, 11) is -3.85. The SMILES string of the molecule is Cc1ccc(C(=O)OCC(=O)N2CCCC2c2cccs2)cc1S(=O)(=O)NCc1ccccc1. The van der Waals surface area contributed by atoms with Crippen LogP contribution in [-0.4, -0.2) is 38.3 Å². The van der Waals surface area contributed by atoms with Gasteiger partial charge in [-0.1, -0.05) is 42.5 Å². The van der Waals surface area contributed by atoms with E-state index in [1.54, 1.807) is 29.2 Å². The Balaban J connectivity index is 1.40. The molecule has 0 bridgehead atoms. The Morgan fingerprint density at radius 2 is 1.91 bits per heavy atom. The lowest BCUT2D eigenvalue weighted by Gasteiger charge is -2.23. The molecule has 4 rings (SSSR count). The van der Waals surface area contributed by atoms with E-state index in [1.165, 1.54) is 12.1 Å². The van der Waals surface area contributed by atoms with Gasteiger partial charge < -0.3 is 9.64 Å². The van der Waals surface area contributed by atoms with Crippen molar-refractivity contribution >= 4 is 33.2 Å². The number of esters is 1. The van der Waals surface area contributed by atoms with Crippen LogP contribution < -0.4 is 4.72 Å². The first kappa shape index (κ1) is 24.1. The van der Waals surface area contributed by atoms with Crippen LogP contribution in [0.4, 0.5) is 0 Å². The van der Waals surface area contributed by atoms with Gasteiger partial charge in [0.15, 0.2) is 6.61 Å². The summed E-state index contributed by atoms with van der Waals surface area (Å²) in [5, 5.41) is 1.98. The van der Waals surface area contributed by atoms with Crippen LogP contribution in [0.25, 0.3) is 0 Å². The number of hydrogen-bond donors (Lipinski definition) is 1. The predicted octanol–water partition coefficient (Wildman–Crippen LogP) is 4.06. The number of nitrogens with zero attached hydrogens (tertiary/aromatic N) is 1. The van der Waals surface area contributed by atoms with Crippen molar-refractivity contribution in [1.29, 1.82) is 0 Å². The van der Waals surface area contributed by atoms with E-state index in [4.69, 9.17) is 4.74 Å². The van der Waals surface area contributed by atoms with Gasteiger partial charge in [0, 0.05) is 18.0 Å². The third kappa shape index (κ3) is 5.55. The summed E-state index contributed by atoms with van der Waals surface area (Å²) in [5.74, 6) is -0.992. The number of amides is 1. The van der Waals surface area contributed by atoms with Gasteiger partial charge in [0.1, 0.15) is 0 Å². The highest BCUT2D eigenvalue weighted by Crippen LogP contribution is 2.34. The van der Waals surface area contributed by atoms with Crippen LogP contribution in [-0.2, 0) is 26.1 Å². The second kappa shape index (κ2) is 10.5. The van der Waals surface area contributed by atoms with Crippen LogP contribution >= 0.6 is 11.3 Å². The molecule has 1 aromatic heterocycles. The van der Waals surface area contributed by atoms with Gasteiger partial charge in [-0.05, 0) is 54.5 Å². The number of benzene rings is 2. The zero-order valence-electron chi connectivity index (χ0n) is 18.8. The molecule has 1 atom stereocenters. The Labute approximate surface area is 203 Å². The standard InChI is InChI=1S/C25H26N2O5S2/c1-18-11-12-20(15-23(18)34(30,31)26-16-19-7-3-2-4-8-19)25(29)32-17-24(28)27-13-5-9-21(27)22-10-6-14-33-22/h2-4,6-8,10-12,14-15,21,26H,5,9,13,16-17H2,1H3. The quantitative estimate of drug-likeness (QED) is 0.473. The van der Waals surface area contributed by atoms with Crippen molar-refractivity contribution in [3.05, 3.63) is 87.6 Å². The number of rotatable bonds is 8. The number of thiophene rings is 1. The lowest BCUT2D eigenvalue weighted by Crippen LogP contribution is -2.34. The normalized spacial score (nSPS) is 15.9. The van der Waals surface area contributed by atoms with Crippen molar-refractivity contribution in [3.8, 4) is 0 Å². The number of aryl methyl sites for hydroxylation is 1.